The van der Waals surface area contributed by atoms with Crippen LogP contribution in [0, 0.1) is 0 Å². The van der Waals surface area contributed by atoms with Crippen molar-refractivity contribution in [3.63, 3.8) is 0 Å². The molecule has 0 spiro atoms. The maximum absolute atomic E-state index is 5.47. The second kappa shape index (κ2) is 4.58. The monoisotopic (exact) mass is 243 g/mol. The van der Waals surface area contributed by atoms with Crippen molar-refractivity contribution in [2.45, 2.75) is 26.2 Å². The molecule has 1 aromatic heterocycles. The maximum atomic E-state index is 5.47. The average molecular weight is 243 g/mol. The zero-order chi connectivity index (χ0) is 13.3. The molecule has 1 heterocycles. The Bertz CT molecular complexity index is 586. The fourth-order valence-electron chi connectivity index (χ4n) is 2.20. The third-order valence-corrected chi connectivity index (χ3v) is 3.02. The van der Waals surface area contributed by atoms with E-state index in [0.717, 1.165) is 16.9 Å². The fraction of sp³-hybridized carbons (Fsp3) is 0.400. The molecule has 0 saturated carbocycles. The van der Waals surface area contributed by atoms with E-state index in [2.05, 4.69) is 50.6 Å². The van der Waals surface area contributed by atoms with Crippen molar-refractivity contribution in [2.24, 2.45) is 12.8 Å². The molecule has 0 atom stereocenters. The molecule has 3 nitrogen and oxygen atoms in total. The van der Waals surface area contributed by atoms with Gasteiger partial charge in [-0.15, -0.1) is 0 Å². The number of nitrogens with zero attached hydrogens (tertiary/aromatic N) is 2. The molecule has 0 bridgehead atoms. The molecular weight excluding hydrogens is 222 g/mol. The number of hydrogen-bond acceptors (Lipinski definition) is 2. The van der Waals surface area contributed by atoms with Crippen LogP contribution in [0.3, 0.4) is 0 Å². The Labute approximate surface area is 108 Å². The summed E-state index contributed by atoms with van der Waals surface area (Å²) in [7, 11) is 2.07. The van der Waals surface area contributed by atoms with Crippen LogP contribution in [-0.2, 0) is 12.5 Å². The summed E-state index contributed by atoms with van der Waals surface area (Å²) in [6, 6.07) is 6.33. The van der Waals surface area contributed by atoms with E-state index < -0.39 is 0 Å². The molecule has 0 radical (unpaired) electrons. The van der Waals surface area contributed by atoms with E-state index >= 15 is 0 Å². The number of hydrogen-bond donors (Lipinski definition) is 1. The first-order valence-electron chi connectivity index (χ1n) is 6.27. The van der Waals surface area contributed by atoms with Crippen LogP contribution in [0.2, 0.25) is 0 Å². The number of benzene rings is 1. The first-order valence-corrected chi connectivity index (χ1v) is 6.27. The van der Waals surface area contributed by atoms with Crippen molar-refractivity contribution in [3.8, 4) is 0 Å². The minimum atomic E-state index is 0.0566. The molecule has 0 aliphatic carbocycles. The lowest BCUT2D eigenvalue weighted by atomic mass is 9.96. The van der Waals surface area contributed by atoms with Gasteiger partial charge in [0.25, 0.3) is 0 Å². The van der Waals surface area contributed by atoms with Crippen molar-refractivity contribution < 1.29 is 0 Å². The Morgan fingerprint density at radius 2 is 2.06 bits per heavy atom. The fourth-order valence-corrected chi connectivity index (χ4v) is 2.20. The summed E-state index contributed by atoms with van der Waals surface area (Å²) < 4.78 is 2.17. The molecule has 0 amide bonds. The van der Waals surface area contributed by atoms with Gasteiger partial charge in [0.15, 0.2) is 0 Å². The van der Waals surface area contributed by atoms with Crippen LogP contribution in [0.4, 0.5) is 0 Å². The summed E-state index contributed by atoms with van der Waals surface area (Å²) >= 11 is 0. The summed E-state index contributed by atoms with van der Waals surface area (Å²) in [5, 5.41) is 0. The van der Waals surface area contributed by atoms with E-state index in [1.807, 2.05) is 12.2 Å². The minimum absolute atomic E-state index is 0.0566. The lowest BCUT2D eigenvalue weighted by Crippen LogP contribution is -2.17. The highest BCUT2D eigenvalue weighted by Gasteiger charge is 2.20. The van der Waals surface area contributed by atoms with Crippen molar-refractivity contribution in [1.82, 2.24) is 9.55 Å². The average Bonchev–Trinajstić information content (AvgIpc) is 2.63. The molecule has 3 heteroatoms. The molecule has 0 saturated heterocycles. The van der Waals surface area contributed by atoms with E-state index in [-0.39, 0.29) is 5.41 Å². The number of fused-ring (bicyclic) bond motifs is 1. The van der Waals surface area contributed by atoms with Crippen molar-refractivity contribution in [1.29, 1.82) is 0 Å². The summed E-state index contributed by atoms with van der Waals surface area (Å²) in [6.07, 6.45) is 3.99. The highest BCUT2D eigenvalue weighted by atomic mass is 15.1. The van der Waals surface area contributed by atoms with Gasteiger partial charge in [-0.25, -0.2) is 4.98 Å². The summed E-state index contributed by atoms with van der Waals surface area (Å²) in [5.74, 6) is 1.11. The molecule has 0 fully saturated rings. The van der Waals surface area contributed by atoms with Gasteiger partial charge in [-0.2, -0.15) is 0 Å². The van der Waals surface area contributed by atoms with E-state index in [4.69, 9.17) is 10.7 Å². The summed E-state index contributed by atoms with van der Waals surface area (Å²) in [6.45, 7) is 7.11. The van der Waals surface area contributed by atoms with Crippen molar-refractivity contribution in [3.05, 3.63) is 35.7 Å². The van der Waals surface area contributed by atoms with Gasteiger partial charge >= 0.3 is 0 Å². The Kier molecular flexibility index (Phi) is 3.26. The Morgan fingerprint density at radius 1 is 1.33 bits per heavy atom. The molecule has 1 aromatic carbocycles. The second-order valence-electron chi connectivity index (χ2n) is 5.63. The topological polar surface area (TPSA) is 43.8 Å². The van der Waals surface area contributed by atoms with Gasteiger partial charge in [0, 0.05) is 19.0 Å². The molecule has 0 unspecified atom stereocenters. The van der Waals surface area contributed by atoms with Gasteiger partial charge < -0.3 is 10.3 Å². The lowest BCUT2D eigenvalue weighted by Gasteiger charge is -2.17. The van der Waals surface area contributed by atoms with Crippen LogP contribution in [0.15, 0.2) is 24.3 Å². The largest absolute Gasteiger partial charge is 0.331 e. The van der Waals surface area contributed by atoms with Crippen LogP contribution >= 0.6 is 0 Å². The molecule has 2 aromatic rings. The van der Waals surface area contributed by atoms with Gasteiger partial charge in [0.2, 0.25) is 0 Å². The first-order chi connectivity index (χ1) is 8.43. The van der Waals surface area contributed by atoms with Gasteiger partial charge in [-0.05, 0) is 17.7 Å². The van der Waals surface area contributed by atoms with E-state index in [0.29, 0.717) is 6.54 Å². The predicted octanol–water partition coefficient (Wildman–Crippen LogP) is 2.84. The number of imidazole rings is 1. The Balaban J connectivity index is 2.55. The van der Waals surface area contributed by atoms with Crippen molar-refractivity contribution >= 4 is 17.1 Å². The van der Waals surface area contributed by atoms with E-state index in [1.165, 1.54) is 5.52 Å². The predicted molar refractivity (Wildman–Crippen MR) is 77.5 cm³/mol. The number of rotatable bonds is 2. The summed E-state index contributed by atoms with van der Waals surface area (Å²) in [4.78, 5) is 4.75. The maximum Gasteiger partial charge on any atom is 0.115 e. The molecule has 96 valence electrons. The number of aryl methyl sites for hydroxylation is 1. The van der Waals surface area contributed by atoms with Gasteiger partial charge in [0.1, 0.15) is 5.82 Å². The molecular formula is C15H21N3. The summed E-state index contributed by atoms with van der Waals surface area (Å²) in [5.41, 5.74) is 8.88. The van der Waals surface area contributed by atoms with Crippen molar-refractivity contribution in [2.75, 3.05) is 6.54 Å². The highest BCUT2D eigenvalue weighted by Crippen LogP contribution is 2.25. The van der Waals surface area contributed by atoms with Crippen LogP contribution in [-0.4, -0.2) is 16.1 Å². The second-order valence-corrected chi connectivity index (χ2v) is 5.63. The molecule has 0 aliphatic rings. The van der Waals surface area contributed by atoms with Gasteiger partial charge in [-0.3, -0.25) is 0 Å². The third-order valence-electron chi connectivity index (χ3n) is 3.02. The zero-order valence-electron chi connectivity index (χ0n) is 11.6. The standard InChI is InChI=1S/C15H21N3/c1-15(2,3)14-17-12-10-11(6-5-9-16)7-8-13(12)18(14)4/h5-8,10H,9,16H2,1-4H3/b6-5+. The molecule has 0 aliphatic heterocycles. The third kappa shape index (κ3) is 2.31. The molecule has 2 rings (SSSR count). The normalized spacial score (nSPS) is 12.7. The van der Waals surface area contributed by atoms with Gasteiger partial charge in [0.05, 0.1) is 11.0 Å². The number of nitrogens with two attached hydrogens (primary N) is 1. The van der Waals surface area contributed by atoms with E-state index in [9.17, 15) is 0 Å². The molecule has 18 heavy (non-hydrogen) atoms. The SMILES string of the molecule is Cn1c(C(C)(C)C)nc2cc(/C=C/CN)ccc21. The molecule has 2 N–H and O–H groups in total. The van der Waals surface area contributed by atoms with Crippen LogP contribution in [0.1, 0.15) is 32.2 Å². The number of aromatic nitrogens is 2. The van der Waals surface area contributed by atoms with E-state index in [1.54, 1.807) is 0 Å². The van der Waals surface area contributed by atoms with Crippen LogP contribution < -0.4 is 5.73 Å². The van der Waals surface area contributed by atoms with Gasteiger partial charge in [-0.1, -0.05) is 39.0 Å². The zero-order valence-corrected chi connectivity index (χ0v) is 11.6. The smallest absolute Gasteiger partial charge is 0.115 e. The quantitative estimate of drug-likeness (QED) is 0.881. The lowest BCUT2D eigenvalue weighted by molar-refractivity contribution is 0.526. The Hall–Kier alpha value is -1.61. The first kappa shape index (κ1) is 12.8. The van der Waals surface area contributed by atoms with Crippen LogP contribution in [0.25, 0.3) is 17.1 Å². The van der Waals surface area contributed by atoms with Crippen LogP contribution in [0.5, 0.6) is 0 Å². The highest BCUT2D eigenvalue weighted by molar-refractivity contribution is 5.79. The Morgan fingerprint density at radius 3 is 2.67 bits per heavy atom. The minimum Gasteiger partial charge on any atom is -0.331 e.